The summed E-state index contributed by atoms with van der Waals surface area (Å²) in [6, 6.07) is 0.556. The molecule has 0 aromatic carbocycles. The predicted octanol–water partition coefficient (Wildman–Crippen LogP) is 0.848. The van der Waals surface area contributed by atoms with Crippen LogP contribution in [0.4, 0.5) is 4.79 Å². The Labute approximate surface area is 112 Å². The molecule has 2 rings (SSSR count). The number of nitrogens with one attached hydrogen (secondary N) is 3. The Morgan fingerprint density at radius 2 is 2.28 bits per heavy atom. The van der Waals surface area contributed by atoms with Gasteiger partial charge in [0, 0.05) is 24.0 Å². The molecular formula is C12H21N3O2S. The van der Waals surface area contributed by atoms with Crippen molar-refractivity contribution in [2.75, 3.05) is 12.3 Å². The van der Waals surface area contributed by atoms with Crippen LogP contribution in [-0.2, 0) is 4.79 Å². The van der Waals surface area contributed by atoms with Gasteiger partial charge >= 0.3 is 6.03 Å². The first-order chi connectivity index (χ1) is 8.70. The second-order valence-corrected chi connectivity index (χ2v) is 6.09. The Balaban J connectivity index is 1.62. The van der Waals surface area contributed by atoms with E-state index in [1.807, 2.05) is 18.7 Å². The highest BCUT2D eigenvalue weighted by atomic mass is 32.2. The van der Waals surface area contributed by atoms with Crippen molar-refractivity contribution in [2.24, 2.45) is 0 Å². The molecular weight excluding hydrogens is 250 g/mol. The van der Waals surface area contributed by atoms with Crippen molar-refractivity contribution in [1.29, 1.82) is 0 Å². The van der Waals surface area contributed by atoms with Crippen molar-refractivity contribution < 1.29 is 9.59 Å². The molecule has 0 radical (unpaired) electrons. The number of carbonyl (C=O) groups excluding carboxylic acids is 2. The minimum absolute atomic E-state index is 0.0300. The summed E-state index contributed by atoms with van der Waals surface area (Å²) < 4.78 is 0. The average Bonchev–Trinajstić information content (AvgIpc) is 2.85. The highest BCUT2D eigenvalue weighted by molar-refractivity contribution is 8.00. The van der Waals surface area contributed by atoms with Crippen LogP contribution in [0.3, 0.4) is 0 Å². The zero-order valence-electron chi connectivity index (χ0n) is 10.7. The lowest BCUT2D eigenvalue weighted by Gasteiger charge is -2.16. The van der Waals surface area contributed by atoms with E-state index in [0.29, 0.717) is 24.3 Å². The standard InChI is InChI=1S/C12H21N3O2S/c1-2-13-10(16)6-4-3-5-9-11-8(7-18-9)14-12(17)15-11/h8-9,11H,2-7H2,1H3,(H,13,16)(H2,14,15,17). The summed E-state index contributed by atoms with van der Waals surface area (Å²) in [6.07, 6.45) is 3.67. The summed E-state index contributed by atoms with van der Waals surface area (Å²) in [5.74, 6) is 1.15. The minimum atomic E-state index is -0.0300. The highest BCUT2D eigenvalue weighted by Crippen LogP contribution is 2.33. The molecule has 3 N–H and O–H groups in total. The number of carbonyl (C=O) groups is 2. The van der Waals surface area contributed by atoms with E-state index < -0.39 is 0 Å². The summed E-state index contributed by atoms with van der Waals surface area (Å²) in [7, 11) is 0. The molecule has 3 atom stereocenters. The van der Waals surface area contributed by atoms with Crippen LogP contribution in [0.2, 0.25) is 0 Å². The second kappa shape index (κ2) is 6.31. The maximum absolute atomic E-state index is 11.3. The van der Waals surface area contributed by atoms with Gasteiger partial charge in [-0.25, -0.2) is 4.79 Å². The van der Waals surface area contributed by atoms with Gasteiger partial charge in [-0.2, -0.15) is 11.8 Å². The van der Waals surface area contributed by atoms with E-state index in [0.717, 1.165) is 25.0 Å². The van der Waals surface area contributed by atoms with Gasteiger partial charge in [-0.05, 0) is 19.8 Å². The molecule has 3 unspecified atom stereocenters. The molecule has 0 aromatic rings. The van der Waals surface area contributed by atoms with E-state index in [1.165, 1.54) is 0 Å². The lowest BCUT2D eigenvalue weighted by molar-refractivity contribution is -0.121. The number of hydrogen-bond acceptors (Lipinski definition) is 3. The quantitative estimate of drug-likeness (QED) is 0.495. The van der Waals surface area contributed by atoms with Gasteiger partial charge in [0.25, 0.3) is 0 Å². The molecule has 2 aliphatic heterocycles. The smallest absolute Gasteiger partial charge is 0.315 e. The van der Waals surface area contributed by atoms with E-state index in [1.54, 1.807) is 0 Å². The van der Waals surface area contributed by atoms with Crippen LogP contribution in [0.5, 0.6) is 0 Å². The first kappa shape index (κ1) is 13.5. The van der Waals surface area contributed by atoms with Crippen molar-refractivity contribution in [3.05, 3.63) is 0 Å². The van der Waals surface area contributed by atoms with Crippen molar-refractivity contribution >= 4 is 23.7 Å². The van der Waals surface area contributed by atoms with Gasteiger partial charge in [-0.1, -0.05) is 6.42 Å². The molecule has 3 amide bonds. The van der Waals surface area contributed by atoms with Crippen molar-refractivity contribution in [3.63, 3.8) is 0 Å². The molecule has 0 aromatic heterocycles. The maximum atomic E-state index is 11.3. The van der Waals surface area contributed by atoms with E-state index in [4.69, 9.17) is 0 Å². The lowest BCUT2D eigenvalue weighted by Crippen LogP contribution is -2.36. The van der Waals surface area contributed by atoms with Crippen LogP contribution in [0.1, 0.15) is 32.6 Å². The highest BCUT2D eigenvalue weighted by Gasteiger charge is 2.42. The van der Waals surface area contributed by atoms with Gasteiger partial charge in [0.15, 0.2) is 0 Å². The van der Waals surface area contributed by atoms with E-state index >= 15 is 0 Å². The Morgan fingerprint density at radius 1 is 1.44 bits per heavy atom. The first-order valence-electron chi connectivity index (χ1n) is 6.66. The van der Waals surface area contributed by atoms with Crippen LogP contribution in [0, 0.1) is 0 Å². The van der Waals surface area contributed by atoms with Gasteiger partial charge in [0.05, 0.1) is 12.1 Å². The van der Waals surface area contributed by atoms with Crippen molar-refractivity contribution in [2.45, 2.75) is 49.9 Å². The second-order valence-electron chi connectivity index (χ2n) is 4.82. The molecule has 0 spiro atoms. The number of rotatable bonds is 6. The topological polar surface area (TPSA) is 70.2 Å². The fourth-order valence-corrected chi connectivity index (χ4v) is 4.10. The summed E-state index contributed by atoms with van der Waals surface area (Å²) in [4.78, 5) is 22.5. The molecule has 2 saturated heterocycles. The molecule has 2 fully saturated rings. The normalized spacial score (nSPS) is 29.6. The van der Waals surface area contributed by atoms with Gasteiger partial charge in [0.2, 0.25) is 5.91 Å². The number of urea groups is 1. The summed E-state index contributed by atoms with van der Waals surface area (Å²) >= 11 is 1.93. The first-order valence-corrected chi connectivity index (χ1v) is 7.71. The number of hydrogen-bond donors (Lipinski definition) is 3. The fourth-order valence-electron chi connectivity index (χ4n) is 2.56. The summed E-state index contributed by atoms with van der Waals surface area (Å²) in [5.41, 5.74) is 0. The number of fused-ring (bicyclic) bond motifs is 1. The number of amides is 3. The third kappa shape index (κ3) is 3.31. The van der Waals surface area contributed by atoms with Crippen LogP contribution in [0.25, 0.3) is 0 Å². The molecule has 0 saturated carbocycles. The van der Waals surface area contributed by atoms with E-state index in [9.17, 15) is 9.59 Å². The van der Waals surface area contributed by atoms with E-state index in [-0.39, 0.29) is 18.0 Å². The number of unbranched alkanes of at least 4 members (excludes halogenated alkanes) is 1. The van der Waals surface area contributed by atoms with Crippen LogP contribution < -0.4 is 16.0 Å². The third-order valence-electron chi connectivity index (χ3n) is 3.45. The van der Waals surface area contributed by atoms with Crippen molar-refractivity contribution in [3.8, 4) is 0 Å². The van der Waals surface area contributed by atoms with Crippen molar-refractivity contribution in [1.82, 2.24) is 16.0 Å². The molecule has 0 aliphatic carbocycles. The van der Waals surface area contributed by atoms with Gasteiger partial charge in [-0.3, -0.25) is 4.79 Å². The molecule has 2 heterocycles. The molecule has 102 valence electrons. The Kier molecular flexibility index (Phi) is 4.74. The molecule has 6 heteroatoms. The molecule has 2 aliphatic rings. The minimum Gasteiger partial charge on any atom is -0.356 e. The third-order valence-corrected chi connectivity index (χ3v) is 4.96. The van der Waals surface area contributed by atoms with E-state index in [2.05, 4.69) is 16.0 Å². The zero-order chi connectivity index (χ0) is 13.0. The summed E-state index contributed by atoms with van der Waals surface area (Å²) in [6.45, 7) is 2.64. The predicted molar refractivity (Wildman–Crippen MR) is 72.6 cm³/mol. The zero-order valence-corrected chi connectivity index (χ0v) is 11.5. The average molecular weight is 271 g/mol. The van der Waals surface area contributed by atoms with Gasteiger partial charge in [0.1, 0.15) is 0 Å². The van der Waals surface area contributed by atoms with Crippen LogP contribution in [-0.4, -0.2) is 41.6 Å². The number of thioether (sulfide) groups is 1. The van der Waals surface area contributed by atoms with Crippen LogP contribution in [0.15, 0.2) is 0 Å². The Hall–Kier alpha value is -0.910. The molecule has 5 nitrogen and oxygen atoms in total. The molecule has 0 bridgehead atoms. The van der Waals surface area contributed by atoms with Gasteiger partial charge in [-0.15, -0.1) is 0 Å². The fraction of sp³-hybridized carbons (Fsp3) is 0.833. The SMILES string of the molecule is CCNC(=O)CCCCC1SCC2NC(=O)NC21. The monoisotopic (exact) mass is 271 g/mol. The molecule has 18 heavy (non-hydrogen) atoms. The maximum Gasteiger partial charge on any atom is 0.315 e. The Bertz CT molecular complexity index is 324. The Morgan fingerprint density at radius 3 is 3.06 bits per heavy atom. The lowest BCUT2D eigenvalue weighted by atomic mass is 10.0. The van der Waals surface area contributed by atoms with Gasteiger partial charge < -0.3 is 16.0 Å². The summed E-state index contributed by atoms with van der Waals surface area (Å²) in [5, 5.41) is 9.23. The largest absolute Gasteiger partial charge is 0.356 e. The van der Waals surface area contributed by atoms with Crippen LogP contribution >= 0.6 is 11.8 Å².